The second-order valence-electron chi connectivity index (χ2n) is 5.59. The quantitative estimate of drug-likeness (QED) is 0.889. The molecule has 2 rings (SSSR count). The van der Waals surface area contributed by atoms with E-state index in [9.17, 15) is 22.8 Å². The van der Waals surface area contributed by atoms with Gasteiger partial charge in [-0.25, -0.2) is 4.79 Å². The minimum atomic E-state index is -4.65. The fourth-order valence-corrected chi connectivity index (χ4v) is 3.59. The van der Waals surface area contributed by atoms with E-state index in [1.54, 1.807) is 6.07 Å². The molecule has 1 aliphatic carbocycles. The topological polar surface area (TPSA) is 66.4 Å². The van der Waals surface area contributed by atoms with Crippen LogP contribution in [0, 0.1) is 5.92 Å². The summed E-state index contributed by atoms with van der Waals surface area (Å²) in [6.07, 6.45) is -3.54. The van der Waals surface area contributed by atoms with Gasteiger partial charge < -0.3 is 10.4 Å². The number of hydrogen-bond acceptors (Lipinski definition) is 3. The van der Waals surface area contributed by atoms with Crippen LogP contribution in [-0.2, 0) is 17.6 Å². The van der Waals surface area contributed by atoms with Crippen molar-refractivity contribution in [1.29, 1.82) is 0 Å². The van der Waals surface area contributed by atoms with Crippen molar-refractivity contribution in [3.05, 3.63) is 21.4 Å². The van der Waals surface area contributed by atoms with Crippen LogP contribution >= 0.6 is 11.3 Å². The van der Waals surface area contributed by atoms with Crippen molar-refractivity contribution >= 4 is 23.2 Å². The van der Waals surface area contributed by atoms with Crippen molar-refractivity contribution in [3.63, 3.8) is 0 Å². The Hall–Kier alpha value is -1.57. The van der Waals surface area contributed by atoms with Crippen LogP contribution in [0.5, 0.6) is 0 Å². The Morgan fingerprint density at radius 3 is 2.77 bits per heavy atom. The number of carboxylic acids is 1. The van der Waals surface area contributed by atoms with Crippen LogP contribution in [-0.4, -0.2) is 29.2 Å². The van der Waals surface area contributed by atoms with Gasteiger partial charge in [0, 0.05) is 4.88 Å². The third kappa shape index (κ3) is 4.22. The van der Waals surface area contributed by atoms with Gasteiger partial charge in [-0.1, -0.05) is 6.92 Å². The second-order valence-corrected chi connectivity index (χ2v) is 6.73. The zero-order valence-corrected chi connectivity index (χ0v) is 12.7. The lowest BCUT2D eigenvalue weighted by Crippen LogP contribution is -2.43. The summed E-state index contributed by atoms with van der Waals surface area (Å²) in [4.78, 5) is 24.2. The summed E-state index contributed by atoms with van der Waals surface area (Å²) in [5.41, 5.74) is 1.04. The molecule has 1 aromatic rings. The lowest BCUT2D eigenvalue weighted by molar-refractivity contribution is -0.157. The second kappa shape index (κ2) is 6.28. The molecule has 1 aromatic heterocycles. The first-order valence-electron chi connectivity index (χ1n) is 6.87. The summed E-state index contributed by atoms with van der Waals surface area (Å²) >= 11 is 1.23. The molecular weight excluding hydrogens is 319 g/mol. The van der Waals surface area contributed by atoms with Crippen molar-refractivity contribution in [3.8, 4) is 0 Å². The summed E-state index contributed by atoms with van der Waals surface area (Å²) in [5, 5.41) is 10.8. The normalized spacial score (nSPS) is 19.4. The summed E-state index contributed by atoms with van der Waals surface area (Å²) in [6, 6.07) is -0.303. The van der Waals surface area contributed by atoms with Gasteiger partial charge in [-0.15, -0.1) is 11.3 Å². The van der Waals surface area contributed by atoms with Crippen molar-refractivity contribution in [1.82, 2.24) is 5.32 Å². The van der Waals surface area contributed by atoms with E-state index in [-0.39, 0.29) is 4.88 Å². The molecule has 0 bridgehead atoms. The first-order valence-corrected chi connectivity index (χ1v) is 7.69. The molecule has 1 heterocycles. The molecule has 2 N–H and O–H groups in total. The van der Waals surface area contributed by atoms with Crippen LogP contribution in [0.1, 0.15) is 39.9 Å². The number of hydrogen-bond donors (Lipinski definition) is 2. The predicted octanol–water partition coefficient (Wildman–Crippen LogP) is 3.01. The van der Waals surface area contributed by atoms with Gasteiger partial charge in [-0.3, -0.25) is 4.79 Å². The van der Waals surface area contributed by atoms with Gasteiger partial charge in [-0.05, 0) is 36.8 Å². The van der Waals surface area contributed by atoms with Crippen molar-refractivity contribution < 1.29 is 27.9 Å². The highest BCUT2D eigenvalue weighted by atomic mass is 32.1. The lowest BCUT2D eigenvalue weighted by atomic mass is 9.90. The number of halogens is 3. The van der Waals surface area contributed by atoms with Crippen molar-refractivity contribution in [2.75, 3.05) is 0 Å². The van der Waals surface area contributed by atoms with E-state index in [0.29, 0.717) is 5.92 Å². The molecule has 1 aliphatic rings. The van der Waals surface area contributed by atoms with Gasteiger partial charge in [0.1, 0.15) is 6.04 Å². The first kappa shape index (κ1) is 16.8. The van der Waals surface area contributed by atoms with Gasteiger partial charge in [0.15, 0.2) is 0 Å². The maximum Gasteiger partial charge on any atom is 0.391 e. The number of fused-ring (bicyclic) bond motifs is 1. The van der Waals surface area contributed by atoms with E-state index in [2.05, 4.69) is 6.92 Å². The molecule has 0 aromatic carbocycles. The van der Waals surface area contributed by atoms with Gasteiger partial charge in [0.2, 0.25) is 0 Å². The fraction of sp³-hybridized carbons (Fsp3) is 0.571. The van der Waals surface area contributed by atoms with Crippen molar-refractivity contribution in [2.45, 2.75) is 44.8 Å². The van der Waals surface area contributed by atoms with Gasteiger partial charge >= 0.3 is 12.1 Å². The average Bonchev–Trinajstić information content (AvgIpc) is 2.79. The van der Waals surface area contributed by atoms with Crippen LogP contribution in [0.2, 0.25) is 0 Å². The highest BCUT2D eigenvalue weighted by molar-refractivity contribution is 7.14. The molecule has 2 atom stereocenters. The number of rotatable bonds is 4. The minimum Gasteiger partial charge on any atom is -0.480 e. The maximum absolute atomic E-state index is 12.3. The minimum absolute atomic E-state index is 0.271. The SMILES string of the molecule is CC1CCc2sc(C(=O)NC(CC(F)(F)F)C(=O)O)cc2C1. The Morgan fingerprint density at radius 1 is 1.50 bits per heavy atom. The average molecular weight is 335 g/mol. The Morgan fingerprint density at radius 2 is 2.18 bits per heavy atom. The molecule has 2 unspecified atom stereocenters. The number of carboxylic acid groups (broad SMARTS) is 1. The molecule has 22 heavy (non-hydrogen) atoms. The number of nitrogens with one attached hydrogen (secondary N) is 1. The highest BCUT2D eigenvalue weighted by Gasteiger charge is 2.36. The molecule has 0 spiro atoms. The number of amides is 1. The van der Waals surface area contributed by atoms with Crippen molar-refractivity contribution in [2.24, 2.45) is 5.92 Å². The third-order valence-corrected chi connectivity index (χ3v) is 4.83. The van der Waals surface area contributed by atoms with Crippen LogP contribution in [0.15, 0.2) is 6.07 Å². The largest absolute Gasteiger partial charge is 0.480 e. The molecule has 1 amide bonds. The molecule has 0 aliphatic heterocycles. The molecule has 0 fully saturated rings. The number of aliphatic carboxylic acids is 1. The van der Waals surface area contributed by atoms with E-state index < -0.39 is 30.5 Å². The number of thiophene rings is 1. The van der Waals surface area contributed by atoms with E-state index in [1.165, 1.54) is 11.3 Å². The zero-order valence-electron chi connectivity index (χ0n) is 11.9. The van der Waals surface area contributed by atoms with E-state index in [0.717, 1.165) is 29.7 Å². The first-order chi connectivity index (χ1) is 10.2. The standard InChI is InChI=1S/C14H16F3NO3S/c1-7-2-3-10-8(4-7)5-11(22-10)12(19)18-9(13(20)21)6-14(15,16)17/h5,7,9H,2-4,6H2,1H3,(H,18,19)(H,20,21). The molecule has 8 heteroatoms. The Kier molecular flexibility index (Phi) is 4.79. The van der Waals surface area contributed by atoms with E-state index in [1.807, 2.05) is 5.32 Å². The van der Waals surface area contributed by atoms with E-state index in [4.69, 9.17) is 5.11 Å². The molecular formula is C14H16F3NO3S. The third-order valence-electron chi connectivity index (χ3n) is 3.59. The monoisotopic (exact) mass is 335 g/mol. The molecule has 0 radical (unpaired) electrons. The number of carbonyl (C=O) groups excluding carboxylic acids is 1. The zero-order chi connectivity index (χ0) is 16.5. The molecule has 4 nitrogen and oxygen atoms in total. The Balaban J connectivity index is 2.09. The Labute approximate surface area is 129 Å². The summed E-state index contributed by atoms with van der Waals surface area (Å²) in [6.45, 7) is 2.10. The summed E-state index contributed by atoms with van der Waals surface area (Å²) in [7, 11) is 0. The van der Waals surface area contributed by atoms with Crippen LogP contribution < -0.4 is 5.32 Å². The van der Waals surface area contributed by atoms with Gasteiger partial charge in [0.05, 0.1) is 11.3 Å². The smallest absolute Gasteiger partial charge is 0.391 e. The van der Waals surface area contributed by atoms with Gasteiger partial charge in [-0.2, -0.15) is 13.2 Å². The lowest BCUT2D eigenvalue weighted by Gasteiger charge is -2.16. The highest BCUT2D eigenvalue weighted by Crippen LogP contribution is 2.32. The number of aryl methyl sites for hydroxylation is 1. The summed E-state index contributed by atoms with van der Waals surface area (Å²) < 4.78 is 37.0. The summed E-state index contributed by atoms with van der Waals surface area (Å²) in [5.74, 6) is -1.95. The molecule has 0 saturated heterocycles. The van der Waals surface area contributed by atoms with E-state index >= 15 is 0 Å². The number of alkyl halides is 3. The van der Waals surface area contributed by atoms with Crippen LogP contribution in [0.25, 0.3) is 0 Å². The number of carbonyl (C=O) groups is 2. The predicted molar refractivity (Wildman–Crippen MR) is 75.1 cm³/mol. The molecule has 0 saturated carbocycles. The van der Waals surface area contributed by atoms with Crippen LogP contribution in [0.3, 0.4) is 0 Å². The van der Waals surface area contributed by atoms with Crippen LogP contribution in [0.4, 0.5) is 13.2 Å². The maximum atomic E-state index is 12.3. The fourth-order valence-electron chi connectivity index (χ4n) is 2.48. The Bertz CT molecular complexity index is 582. The molecule has 122 valence electrons. The van der Waals surface area contributed by atoms with Gasteiger partial charge in [0.25, 0.3) is 5.91 Å².